The summed E-state index contributed by atoms with van der Waals surface area (Å²) in [6.07, 6.45) is 0.870. The van der Waals surface area contributed by atoms with E-state index in [9.17, 15) is 4.79 Å². The second-order valence-electron chi connectivity index (χ2n) is 2.82. The Morgan fingerprint density at radius 2 is 2.46 bits per heavy atom. The van der Waals surface area contributed by atoms with Gasteiger partial charge in [0, 0.05) is 6.04 Å². The van der Waals surface area contributed by atoms with Gasteiger partial charge in [-0.1, -0.05) is 6.92 Å². The Kier molecular flexibility index (Phi) is 2.84. The molecule has 0 radical (unpaired) electrons. The lowest BCUT2D eigenvalue weighted by molar-refractivity contribution is 0.0929. The summed E-state index contributed by atoms with van der Waals surface area (Å²) in [5.41, 5.74) is 5.25. The predicted molar refractivity (Wildman–Crippen MR) is 48.0 cm³/mol. The molecule has 6 heteroatoms. The Morgan fingerprint density at radius 3 is 2.92 bits per heavy atom. The fourth-order valence-electron chi connectivity index (χ4n) is 0.771. The third-order valence-electron chi connectivity index (χ3n) is 1.71. The minimum Gasteiger partial charge on any atom is -0.366 e. The van der Waals surface area contributed by atoms with Crippen molar-refractivity contribution >= 4 is 11.9 Å². The van der Waals surface area contributed by atoms with Crippen LogP contribution < -0.4 is 11.1 Å². The number of nitrogens with zero attached hydrogens (tertiary/aromatic N) is 2. The molecule has 1 amide bonds. The molecule has 1 aromatic heterocycles. The average Bonchev–Trinajstić information content (AvgIpc) is 2.51. The number of amides is 1. The molecule has 72 valence electrons. The third-order valence-corrected chi connectivity index (χ3v) is 1.71. The Labute approximate surface area is 75.9 Å². The van der Waals surface area contributed by atoms with Crippen LogP contribution in [0.25, 0.3) is 0 Å². The van der Waals surface area contributed by atoms with Crippen LogP contribution in [0.2, 0.25) is 0 Å². The smallest absolute Gasteiger partial charge is 0.288 e. The van der Waals surface area contributed by atoms with Crippen molar-refractivity contribution in [2.45, 2.75) is 26.3 Å². The van der Waals surface area contributed by atoms with E-state index in [0.717, 1.165) is 6.42 Å². The Hall–Kier alpha value is -1.59. The molecule has 0 fully saturated rings. The van der Waals surface area contributed by atoms with Crippen LogP contribution in [0.4, 0.5) is 5.95 Å². The maximum absolute atomic E-state index is 11.3. The van der Waals surface area contributed by atoms with Crippen LogP contribution in [0.3, 0.4) is 0 Å². The van der Waals surface area contributed by atoms with Crippen LogP contribution in [0.15, 0.2) is 0 Å². The molecular formula is C7H13N5O. The van der Waals surface area contributed by atoms with Gasteiger partial charge >= 0.3 is 0 Å². The van der Waals surface area contributed by atoms with E-state index in [4.69, 9.17) is 5.73 Å². The second kappa shape index (κ2) is 3.88. The molecule has 0 aromatic carbocycles. The first-order valence-corrected chi connectivity index (χ1v) is 4.12. The lowest BCUT2D eigenvalue weighted by atomic mass is 10.2. The fraction of sp³-hybridized carbons (Fsp3) is 0.571. The second-order valence-corrected chi connectivity index (χ2v) is 2.82. The van der Waals surface area contributed by atoms with E-state index >= 15 is 0 Å². The van der Waals surface area contributed by atoms with Crippen molar-refractivity contribution in [3.8, 4) is 0 Å². The number of nitrogens with two attached hydrogens (primary N) is 1. The lowest BCUT2D eigenvalue weighted by Gasteiger charge is -2.08. The van der Waals surface area contributed by atoms with E-state index in [1.165, 1.54) is 0 Å². The largest absolute Gasteiger partial charge is 0.366 e. The van der Waals surface area contributed by atoms with Crippen molar-refractivity contribution in [2.24, 2.45) is 0 Å². The van der Waals surface area contributed by atoms with Crippen molar-refractivity contribution < 1.29 is 4.79 Å². The van der Waals surface area contributed by atoms with E-state index in [2.05, 4.69) is 20.5 Å². The summed E-state index contributed by atoms with van der Waals surface area (Å²) < 4.78 is 0. The van der Waals surface area contributed by atoms with Gasteiger partial charge in [-0.15, -0.1) is 5.10 Å². The standard InChI is InChI=1S/C7H13N5O/c1-3-4(2)9-6(13)5-10-7(8)12-11-5/h4H,3H2,1-2H3,(H,9,13)(H3,8,10,11,12). The van der Waals surface area contributed by atoms with Crippen LogP contribution in [-0.4, -0.2) is 27.1 Å². The third kappa shape index (κ3) is 2.43. The number of aromatic nitrogens is 3. The Morgan fingerprint density at radius 1 is 1.77 bits per heavy atom. The highest BCUT2D eigenvalue weighted by atomic mass is 16.2. The van der Waals surface area contributed by atoms with Gasteiger partial charge in [-0.25, -0.2) is 0 Å². The zero-order valence-electron chi connectivity index (χ0n) is 7.66. The molecule has 0 saturated carbocycles. The number of nitrogens with one attached hydrogen (secondary N) is 2. The summed E-state index contributed by atoms with van der Waals surface area (Å²) in [7, 11) is 0. The monoisotopic (exact) mass is 183 g/mol. The fourth-order valence-corrected chi connectivity index (χ4v) is 0.771. The highest BCUT2D eigenvalue weighted by Crippen LogP contribution is 1.95. The van der Waals surface area contributed by atoms with E-state index in [0.29, 0.717) is 0 Å². The average molecular weight is 183 g/mol. The van der Waals surface area contributed by atoms with Crippen LogP contribution in [-0.2, 0) is 0 Å². The summed E-state index contributed by atoms with van der Waals surface area (Å²) in [6, 6.07) is 0.124. The van der Waals surface area contributed by atoms with Gasteiger partial charge < -0.3 is 11.1 Å². The van der Waals surface area contributed by atoms with Crippen LogP contribution >= 0.6 is 0 Å². The van der Waals surface area contributed by atoms with Crippen molar-refractivity contribution in [1.29, 1.82) is 0 Å². The molecule has 0 spiro atoms. The molecule has 1 rings (SSSR count). The van der Waals surface area contributed by atoms with E-state index in [1.807, 2.05) is 13.8 Å². The topological polar surface area (TPSA) is 96.7 Å². The van der Waals surface area contributed by atoms with Crippen molar-refractivity contribution in [1.82, 2.24) is 20.5 Å². The van der Waals surface area contributed by atoms with Gasteiger partial charge in [-0.2, -0.15) is 4.98 Å². The molecule has 1 heterocycles. The van der Waals surface area contributed by atoms with Crippen molar-refractivity contribution in [3.63, 3.8) is 0 Å². The lowest BCUT2D eigenvalue weighted by Crippen LogP contribution is -2.32. The first-order valence-electron chi connectivity index (χ1n) is 4.12. The van der Waals surface area contributed by atoms with Gasteiger partial charge in [-0.3, -0.25) is 9.89 Å². The summed E-state index contributed by atoms with van der Waals surface area (Å²) in [4.78, 5) is 15.0. The molecule has 6 nitrogen and oxygen atoms in total. The number of nitrogen functional groups attached to an aromatic ring is 1. The number of rotatable bonds is 3. The van der Waals surface area contributed by atoms with Gasteiger partial charge in [0.15, 0.2) is 0 Å². The highest BCUT2D eigenvalue weighted by molar-refractivity contribution is 5.90. The predicted octanol–water partition coefficient (Wildman–Crippen LogP) is -0.0848. The molecule has 1 aromatic rings. The summed E-state index contributed by atoms with van der Waals surface area (Å²) in [5.74, 6) is -0.0503. The molecule has 0 aliphatic carbocycles. The summed E-state index contributed by atoms with van der Waals surface area (Å²) in [5, 5.41) is 8.72. The molecule has 0 bridgehead atoms. The molecule has 0 aliphatic heterocycles. The van der Waals surface area contributed by atoms with Crippen molar-refractivity contribution in [3.05, 3.63) is 5.82 Å². The SMILES string of the molecule is CCC(C)NC(=O)c1nc(N)n[nH]1. The van der Waals surface area contributed by atoms with Gasteiger partial charge in [0.05, 0.1) is 0 Å². The number of hydrogen-bond donors (Lipinski definition) is 3. The normalized spacial score (nSPS) is 12.5. The summed E-state index contributed by atoms with van der Waals surface area (Å²) >= 11 is 0. The molecule has 1 atom stereocenters. The van der Waals surface area contributed by atoms with E-state index in [1.54, 1.807) is 0 Å². The molecule has 4 N–H and O–H groups in total. The van der Waals surface area contributed by atoms with Crippen LogP contribution in [0.5, 0.6) is 0 Å². The van der Waals surface area contributed by atoms with Gasteiger partial charge in [0.1, 0.15) is 0 Å². The number of carbonyl (C=O) groups is 1. The number of hydrogen-bond acceptors (Lipinski definition) is 4. The maximum Gasteiger partial charge on any atom is 0.288 e. The van der Waals surface area contributed by atoms with E-state index in [-0.39, 0.29) is 23.7 Å². The molecular weight excluding hydrogens is 170 g/mol. The molecule has 13 heavy (non-hydrogen) atoms. The van der Waals surface area contributed by atoms with Crippen LogP contribution in [0, 0.1) is 0 Å². The minimum atomic E-state index is -0.279. The van der Waals surface area contributed by atoms with Crippen LogP contribution in [0.1, 0.15) is 30.9 Å². The Balaban J connectivity index is 2.58. The highest BCUT2D eigenvalue weighted by Gasteiger charge is 2.11. The van der Waals surface area contributed by atoms with Gasteiger partial charge in [0.25, 0.3) is 5.91 Å². The molecule has 0 saturated heterocycles. The number of aromatic amines is 1. The van der Waals surface area contributed by atoms with Gasteiger partial charge in [-0.05, 0) is 13.3 Å². The number of H-pyrrole nitrogens is 1. The maximum atomic E-state index is 11.3. The number of carbonyl (C=O) groups excluding carboxylic acids is 1. The zero-order chi connectivity index (χ0) is 9.84. The minimum absolute atomic E-state index is 0.0781. The van der Waals surface area contributed by atoms with Gasteiger partial charge in [0.2, 0.25) is 11.8 Å². The zero-order valence-corrected chi connectivity index (χ0v) is 7.66. The van der Waals surface area contributed by atoms with Crippen molar-refractivity contribution in [2.75, 3.05) is 5.73 Å². The number of anilines is 1. The first-order chi connectivity index (χ1) is 6.13. The molecule has 0 aliphatic rings. The quantitative estimate of drug-likeness (QED) is 0.610. The molecule has 1 unspecified atom stereocenters. The first kappa shape index (κ1) is 9.50. The summed E-state index contributed by atoms with van der Waals surface area (Å²) in [6.45, 7) is 3.90. The van der Waals surface area contributed by atoms with E-state index < -0.39 is 0 Å². The Bertz CT molecular complexity index is 295.